The quantitative estimate of drug-likeness (QED) is 0.887. The van der Waals surface area contributed by atoms with Crippen LogP contribution in [0.1, 0.15) is 37.3 Å². The first-order valence-corrected chi connectivity index (χ1v) is 7.03. The van der Waals surface area contributed by atoms with Crippen LogP contribution in [0.3, 0.4) is 0 Å². The molecule has 1 amide bonds. The molecule has 1 N–H and O–H groups in total. The number of hydrogen-bond donors (Lipinski definition) is 1. The van der Waals surface area contributed by atoms with Crippen LogP contribution in [0, 0.1) is 6.92 Å². The summed E-state index contributed by atoms with van der Waals surface area (Å²) in [6, 6.07) is 8.02. The molecule has 1 fully saturated rings. The Kier molecular flexibility index (Phi) is 4.25. The van der Waals surface area contributed by atoms with Gasteiger partial charge in [0.1, 0.15) is 0 Å². The number of amides is 1. The molecule has 3 heteroatoms. The highest BCUT2D eigenvalue weighted by Gasteiger charge is 2.26. The molecular weight excluding hydrogens is 238 g/mol. The Labute approximate surface area is 115 Å². The van der Waals surface area contributed by atoms with E-state index in [9.17, 15) is 9.90 Å². The summed E-state index contributed by atoms with van der Waals surface area (Å²) in [7, 11) is 0. The van der Waals surface area contributed by atoms with Crippen LogP contribution in [-0.4, -0.2) is 34.6 Å². The number of rotatable bonds is 2. The van der Waals surface area contributed by atoms with E-state index in [1.807, 2.05) is 43.0 Å². The van der Waals surface area contributed by atoms with Gasteiger partial charge in [0.15, 0.2) is 0 Å². The second-order valence-electron chi connectivity index (χ2n) is 5.83. The van der Waals surface area contributed by atoms with E-state index in [1.54, 1.807) is 0 Å². The van der Waals surface area contributed by atoms with Crippen molar-refractivity contribution in [2.75, 3.05) is 13.1 Å². The van der Waals surface area contributed by atoms with E-state index in [0.29, 0.717) is 19.4 Å². The average molecular weight is 261 g/mol. The van der Waals surface area contributed by atoms with E-state index >= 15 is 0 Å². The molecule has 1 aliphatic heterocycles. The first-order valence-electron chi connectivity index (χ1n) is 7.03. The zero-order valence-corrected chi connectivity index (χ0v) is 11.9. The summed E-state index contributed by atoms with van der Waals surface area (Å²) in [4.78, 5) is 14.2. The van der Waals surface area contributed by atoms with E-state index in [-0.39, 0.29) is 5.91 Å². The molecule has 0 aliphatic carbocycles. The molecule has 1 atom stereocenters. The monoisotopic (exact) mass is 261 g/mol. The molecule has 1 heterocycles. The lowest BCUT2D eigenvalue weighted by Gasteiger charge is -2.23. The summed E-state index contributed by atoms with van der Waals surface area (Å²) in [5.74, 6) is 0.173. The van der Waals surface area contributed by atoms with Crippen LogP contribution in [0.4, 0.5) is 0 Å². The maximum atomic E-state index is 12.3. The summed E-state index contributed by atoms with van der Waals surface area (Å²) in [6.07, 6.45) is 2.80. The molecule has 0 radical (unpaired) electrons. The minimum atomic E-state index is -0.613. The Morgan fingerprint density at radius 1 is 1.32 bits per heavy atom. The summed E-state index contributed by atoms with van der Waals surface area (Å²) in [5, 5.41) is 10.0. The SMILES string of the molecule is Cc1ccccc1CC(=O)N1CCCC(C)(O)CC1. The third kappa shape index (κ3) is 3.80. The molecule has 0 bridgehead atoms. The molecule has 0 saturated carbocycles. The number of aliphatic hydroxyl groups is 1. The second-order valence-corrected chi connectivity index (χ2v) is 5.83. The van der Waals surface area contributed by atoms with Crippen LogP contribution >= 0.6 is 0 Å². The van der Waals surface area contributed by atoms with Crippen LogP contribution < -0.4 is 0 Å². The summed E-state index contributed by atoms with van der Waals surface area (Å²) < 4.78 is 0. The number of benzene rings is 1. The van der Waals surface area contributed by atoms with Crippen LogP contribution in [0.25, 0.3) is 0 Å². The second kappa shape index (κ2) is 5.74. The van der Waals surface area contributed by atoms with Crippen molar-refractivity contribution >= 4 is 5.91 Å². The van der Waals surface area contributed by atoms with Crippen molar-refractivity contribution in [3.8, 4) is 0 Å². The maximum absolute atomic E-state index is 12.3. The lowest BCUT2D eigenvalue weighted by molar-refractivity contribution is -0.130. The predicted octanol–water partition coefficient (Wildman–Crippen LogP) is 2.30. The van der Waals surface area contributed by atoms with Crippen LogP contribution in [-0.2, 0) is 11.2 Å². The van der Waals surface area contributed by atoms with Crippen molar-refractivity contribution in [3.63, 3.8) is 0 Å². The lowest BCUT2D eigenvalue weighted by Crippen LogP contribution is -2.34. The van der Waals surface area contributed by atoms with Gasteiger partial charge in [-0.1, -0.05) is 24.3 Å². The minimum Gasteiger partial charge on any atom is -0.390 e. The number of aryl methyl sites for hydroxylation is 1. The molecule has 0 aromatic heterocycles. The molecule has 19 heavy (non-hydrogen) atoms. The summed E-state index contributed by atoms with van der Waals surface area (Å²) in [5.41, 5.74) is 1.65. The smallest absolute Gasteiger partial charge is 0.227 e. The standard InChI is InChI=1S/C16H23NO2/c1-13-6-3-4-7-14(13)12-15(18)17-10-5-8-16(2,19)9-11-17/h3-4,6-7,19H,5,8-12H2,1-2H3. The van der Waals surface area contributed by atoms with Crippen molar-refractivity contribution < 1.29 is 9.90 Å². The minimum absolute atomic E-state index is 0.173. The Hall–Kier alpha value is -1.35. The van der Waals surface area contributed by atoms with Gasteiger partial charge in [-0.3, -0.25) is 4.79 Å². The fourth-order valence-corrected chi connectivity index (χ4v) is 2.60. The van der Waals surface area contributed by atoms with Crippen LogP contribution in [0.5, 0.6) is 0 Å². The van der Waals surface area contributed by atoms with Crippen LogP contribution in [0.15, 0.2) is 24.3 Å². The first-order chi connectivity index (χ1) is 8.98. The summed E-state index contributed by atoms with van der Waals surface area (Å²) >= 11 is 0. The number of carbonyl (C=O) groups is 1. The largest absolute Gasteiger partial charge is 0.390 e. The zero-order valence-electron chi connectivity index (χ0n) is 11.9. The Bertz CT molecular complexity index is 454. The number of likely N-dealkylation sites (tertiary alicyclic amines) is 1. The first kappa shape index (κ1) is 14.1. The highest BCUT2D eigenvalue weighted by atomic mass is 16.3. The molecule has 0 spiro atoms. The van der Waals surface area contributed by atoms with Gasteiger partial charge in [0.25, 0.3) is 0 Å². The molecule has 1 aliphatic rings. The predicted molar refractivity (Wildman–Crippen MR) is 75.9 cm³/mol. The maximum Gasteiger partial charge on any atom is 0.227 e. The van der Waals surface area contributed by atoms with Gasteiger partial charge in [-0.2, -0.15) is 0 Å². The Morgan fingerprint density at radius 2 is 2.05 bits per heavy atom. The zero-order chi connectivity index (χ0) is 13.9. The fraction of sp³-hybridized carbons (Fsp3) is 0.562. The van der Waals surface area contributed by atoms with Gasteiger partial charge in [-0.05, 0) is 44.2 Å². The van der Waals surface area contributed by atoms with Crippen molar-refractivity contribution in [3.05, 3.63) is 35.4 Å². The van der Waals surface area contributed by atoms with Gasteiger partial charge in [-0.25, -0.2) is 0 Å². The van der Waals surface area contributed by atoms with Crippen molar-refractivity contribution in [2.45, 2.75) is 45.1 Å². The van der Waals surface area contributed by atoms with Gasteiger partial charge in [-0.15, -0.1) is 0 Å². The summed E-state index contributed by atoms with van der Waals surface area (Å²) in [6.45, 7) is 5.33. The van der Waals surface area contributed by atoms with E-state index in [2.05, 4.69) is 0 Å². The Balaban J connectivity index is 1.99. The molecule has 1 saturated heterocycles. The molecule has 3 nitrogen and oxygen atoms in total. The number of carbonyl (C=O) groups excluding carboxylic acids is 1. The van der Waals surface area contributed by atoms with E-state index in [1.165, 1.54) is 0 Å². The van der Waals surface area contributed by atoms with Gasteiger partial charge >= 0.3 is 0 Å². The van der Waals surface area contributed by atoms with E-state index in [0.717, 1.165) is 30.5 Å². The fourth-order valence-electron chi connectivity index (χ4n) is 2.60. The van der Waals surface area contributed by atoms with Crippen molar-refractivity contribution in [1.29, 1.82) is 0 Å². The third-order valence-corrected chi connectivity index (χ3v) is 4.02. The molecule has 2 rings (SSSR count). The Morgan fingerprint density at radius 3 is 2.79 bits per heavy atom. The molecule has 1 aromatic carbocycles. The normalized spacial score (nSPS) is 24.1. The van der Waals surface area contributed by atoms with Gasteiger partial charge in [0.2, 0.25) is 5.91 Å². The third-order valence-electron chi connectivity index (χ3n) is 4.02. The van der Waals surface area contributed by atoms with Crippen molar-refractivity contribution in [2.24, 2.45) is 0 Å². The van der Waals surface area contributed by atoms with Gasteiger partial charge < -0.3 is 10.0 Å². The number of hydrogen-bond acceptors (Lipinski definition) is 2. The molecular formula is C16H23NO2. The molecule has 1 aromatic rings. The average Bonchev–Trinajstić information content (AvgIpc) is 2.53. The van der Waals surface area contributed by atoms with Gasteiger partial charge in [0.05, 0.1) is 12.0 Å². The number of nitrogens with zero attached hydrogens (tertiary/aromatic N) is 1. The molecule has 104 valence electrons. The highest BCUT2D eigenvalue weighted by Crippen LogP contribution is 2.22. The van der Waals surface area contributed by atoms with Crippen molar-refractivity contribution in [1.82, 2.24) is 4.90 Å². The van der Waals surface area contributed by atoms with Crippen LogP contribution in [0.2, 0.25) is 0 Å². The highest BCUT2D eigenvalue weighted by molar-refractivity contribution is 5.79. The van der Waals surface area contributed by atoms with E-state index < -0.39 is 5.60 Å². The molecule has 1 unspecified atom stereocenters. The topological polar surface area (TPSA) is 40.5 Å². The lowest BCUT2D eigenvalue weighted by atomic mass is 9.98. The van der Waals surface area contributed by atoms with Gasteiger partial charge in [0, 0.05) is 13.1 Å². The van der Waals surface area contributed by atoms with E-state index in [4.69, 9.17) is 0 Å².